The number of aromatic hydroxyl groups is 32. The maximum atomic E-state index is 12.2. The van der Waals surface area contributed by atoms with Crippen LogP contribution in [0, 0.1) is 0 Å². The predicted octanol–water partition coefficient (Wildman–Crippen LogP) is 8.85. The Morgan fingerprint density at radius 2 is 0.368 bits per heavy atom. The SMILES string of the molecule is O=C(c1cc(O)c(O)c(O)c1)c1cc(O)c(O)cc1O.O=C(c1cc(O)c(O)cc1O)c1ccc(O)c(O)c1O.O=C(c1ccc(O)c(O)c1)c1cc(O)c(O)c(O)c1.O=C(c1ccc(O)c(O)c1)c1cc(O)c(O)c(O)c1O.O=C(c1ccc(O)c(O)c1)c1cc(O)c(O)cc1Br.O=C(c1ccc(O)c(O)c1)c1cc(O)c(O)cc1O. The Morgan fingerprint density at radius 3 is 0.718 bits per heavy atom. The summed E-state index contributed by atoms with van der Waals surface area (Å²) in [5.41, 5.74) is -1.89. The van der Waals surface area contributed by atoms with E-state index in [4.69, 9.17) is 35.7 Å². The fraction of sp³-hybridized carbons (Fsp3) is 0. The highest BCUT2D eigenvalue weighted by Crippen LogP contribution is 2.47. The summed E-state index contributed by atoms with van der Waals surface area (Å²) in [6.45, 7) is 0. The molecule has 0 radical (unpaired) electrons. The zero-order chi connectivity index (χ0) is 87.5. The number of ketones is 6. The molecule has 0 fully saturated rings. The van der Waals surface area contributed by atoms with Crippen LogP contribution >= 0.6 is 15.9 Å². The van der Waals surface area contributed by atoms with Gasteiger partial charge in [-0.25, -0.2) is 0 Å². The van der Waals surface area contributed by atoms with Crippen LogP contribution in [0.5, 0.6) is 184 Å². The van der Waals surface area contributed by atoms with Crippen molar-refractivity contribution in [2.45, 2.75) is 0 Å². The third-order valence-corrected chi connectivity index (χ3v) is 16.4. The second-order valence-corrected chi connectivity index (χ2v) is 24.6. The van der Waals surface area contributed by atoms with Crippen LogP contribution in [0.4, 0.5) is 0 Å². The molecule has 0 aliphatic carbocycles. The van der Waals surface area contributed by atoms with E-state index in [1.165, 1.54) is 36.4 Å². The Balaban J connectivity index is 0.000000194. The van der Waals surface area contributed by atoms with Crippen LogP contribution in [0.15, 0.2) is 168 Å². The fourth-order valence-electron chi connectivity index (χ4n) is 9.59. The van der Waals surface area contributed by atoms with Crippen LogP contribution in [0.1, 0.15) is 95.5 Å². The third-order valence-electron chi connectivity index (χ3n) is 15.8. The van der Waals surface area contributed by atoms with E-state index in [1.54, 1.807) is 0 Å². The maximum absolute atomic E-state index is 12.2. The van der Waals surface area contributed by atoms with Gasteiger partial charge in [0.05, 0.1) is 27.8 Å². The van der Waals surface area contributed by atoms with Crippen molar-refractivity contribution in [1.29, 1.82) is 0 Å². The number of hydrogen-bond acceptors (Lipinski definition) is 38. The minimum Gasteiger partial charge on any atom is -0.507 e. The van der Waals surface area contributed by atoms with E-state index in [1.807, 2.05) is 0 Å². The number of carbonyl (C=O) groups excluding carboxylic acids is 6. The molecule has 12 aromatic carbocycles. The molecular formula is C78H59BrO38. The molecule has 32 N–H and O–H groups in total. The summed E-state index contributed by atoms with van der Waals surface area (Å²) in [5, 5.41) is 298. The first kappa shape index (κ1) is 87.0. The summed E-state index contributed by atoms with van der Waals surface area (Å²) in [6.07, 6.45) is 0. The molecule has 0 saturated heterocycles. The summed E-state index contributed by atoms with van der Waals surface area (Å²) in [6, 6.07) is 27.5. The Hall–Kier alpha value is -17.3. The molecule has 12 rings (SSSR count). The van der Waals surface area contributed by atoms with Gasteiger partial charge in [-0.15, -0.1) is 0 Å². The molecule has 117 heavy (non-hydrogen) atoms. The van der Waals surface area contributed by atoms with E-state index in [0.29, 0.717) is 4.47 Å². The number of phenols is 32. The Morgan fingerprint density at radius 1 is 0.145 bits per heavy atom. The molecular weight excluding hydrogens is 1620 g/mol. The molecule has 0 aliphatic heterocycles. The van der Waals surface area contributed by atoms with E-state index in [2.05, 4.69) is 15.9 Å². The highest BCUT2D eigenvalue weighted by molar-refractivity contribution is 9.10. The van der Waals surface area contributed by atoms with E-state index in [-0.39, 0.29) is 84.2 Å². The van der Waals surface area contributed by atoms with Crippen molar-refractivity contribution in [3.05, 3.63) is 235 Å². The lowest BCUT2D eigenvalue weighted by Crippen LogP contribution is -2.02. The van der Waals surface area contributed by atoms with Crippen molar-refractivity contribution < 1.29 is 192 Å². The largest absolute Gasteiger partial charge is 0.507 e. The van der Waals surface area contributed by atoms with Gasteiger partial charge in [-0.2, -0.15) is 0 Å². The molecule has 0 aromatic heterocycles. The molecule has 0 atom stereocenters. The Kier molecular flexibility index (Phi) is 26.5. The van der Waals surface area contributed by atoms with Crippen molar-refractivity contribution in [2.75, 3.05) is 0 Å². The zero-order valence-corrected chi connectivity index (χ0v) is 59.8. The standard InChI is InChI=1S/C13H9BrO5.3C13H10O7.2C13H10O6/c14-8-5-12(18)11(17)4-7(8)13(19)6-1-2-9(15)10(16)3-6;14-7-4-9(16)8(15)3-6(7)12(19)5-1-10(17)13(20)11(18)2-5;14-7-2-1-5(12(19)13(7)20)11(18)6-3-9(16)10(17)4-8(6)15;14-7-2-1-5(3-8(7)15)10(17)6-4-9(16)12(19)13(20)11(6)18;14-8-2-1-6(3-10(8)16)13(19)7-4-11(17)12(18)5-9(7)15;14-8-2-1-6(3-9(8)15)12(18)7-4-10(16)13(19)11(17)5-7/h1-5,15-18H;1-4,14-18,20H;1-4,14-17,19-20H;1-4,14-16,18-20H;1-5,14-18H;1-5,14-17,19H. The average Bonchev–Trinajstić information content (AvgIpc) is 0.827. The number of benzene rings is 12. The van der Waals surface area contributed by atoms with Crippen LogP contribution in [0.2, 0.25) is 0 Å². The van der Waals surface area contributed by atoms with Crippen molar-refractivity contribution in [3.63, 3.8) is 0 Å². The monoisotopic (exact) mass is 1680 g/mol. The van der Waals surface area contributed by atoms with E-state index < -0.39 is 201 Å². The molecule has 0 unspecified atom stereocenters. The smallest absolute Gasteiger partial charge is 0.205 e. The summed E-state index contributed by atoms with van der Waals surface area (Å²) in [4.78, 5) is 72.5. The van der Waals surface area contributed by atoms with Gasteiger partial charge in [0.15, 0.2) is 178 Å². The van der Waals surface area contributed by atoms with Gasteiger partial charge in [-0.3, -0.25) is 28.8 Å². The van der Waals surface area contributed by atoms with Crippen LogP contribution < -0.4 is 0 Å². The van der Waals surface area contributed by atoms with Gasteiger partial charge in [0.1, 0.15) is 17.2 Å². The van der Waals surface area contributed by atoms with E-state index in [0.717, 1.165) is 127 Å². The van der Waals surface area contributed by atoms with Gasteiger partial charge < -0.3 is 163 Å². The Labute approximate surface area is 659 Å². The second kappa shape index (κ2) is 35.6. The van der Waals surface area contributed by atoms with Gasteiger partial charge in [-0.1, -0.05) is 0 Å². The quantitative estimate of drug-likeness (QED) is 0.0308. The number of carbonyl (C=O) groups is 6. The summed E-state index contributed by atoms with van der Waals surface area (Å²) < 4.78 is 0.306. The Bertz CT molecular complexity index is 5800. The van der Waals surface area contributed by atoms with Gasteiger partial charge in [0.2, 0.25) is 23.0 Å². The van der Waals surface area contributed by atoms with Gasteiger partial charge in [0.25, 0.3) is 0 Å². The van der Waals surface area contributed by atoms with Crippen LogP contribution in [0.25, 0.3) is 0 Å². The van der Waals surface area contributed by atoms with E-state index >= 15 is 0 Å². The second-order valence-electron chi connectivity index (χ2n) is 23.7. The van der Waals surface area contributed by atoms with Crippen LogP contribution in [0.3, 0.4) is 0 Å². The molecule has 39 heteroatoms. The van der Waals surface area contributed by atoms with Crippen molar-refractivity contribution in [2.24, 2.45) is 0 Å². The van der Waals surface area contributed by atoms with Crippen molar-refractivity contribution >= 4 is 50.6 Å². The highest BCUT2D eigenvalue weighted by atomic mass is 79.9. The first-order valence-corrected chi connectivity index (χ1v) is 32.5. The number of halogens is 1. The minimum absolute atomic E-state index is 0.00990. The normalized spacial score (nSPS) is 10.4. The molecule has 0 aliphatic rings. The molecule has 12 aromatic rings. The number of hydrogen-bond donors (Lipinski definition) is 32. The molecule has 0 saturated carbocycles. The molecule has 0 spiro atoms. The molecule has 0 amide bonds. The summed E-state index contributed by atoms with van der Waals surface area (Å²) in [5.74, 6) is -24.0. The summed E-state index contributed by atoms with van der Waals surface area (Å²) >= 11 is 3.11. The van der Waals surface area contributed by atoms with Crippen LogP contribution in [-0.2, 0) is 0 Å². The molecule has 0 heterocycles. The molecule has 0 bridgehead atoms. The number of phenolic OH excluding ortho intramolecular Hbond substituents is 32. The van der Waals surface area contributed by atoms with Gasteiger partial charge in [0, 0.05) is 61.6 Å². The lowest BCUT2D eigenvalue weighted by Gasteiger charge is -2.09. The fourth-order valence-corrected chi connectivity index (χ4v) is 10.1. The van der Waals surface area contributed by atoms with Gasteiger partial charge >= 0.3 is 0 Å². The van der Waals surface area contributed by atoms with Crippen molar-refractivity contribution in [1.82, 2.24) is 0 Å². The molecule has 606 valence electrons. The van der Waals surface area contributed by atoms with Crippen LogP contribution in [-0.4, -0.2) is 198 Å². The van der Waals surface area contributed by atoms with Gasteiger partial charge in [-0.05, 0) is 162 Å². The average molecular weight is 1680 g/mol. The minimum atomic E-state index is -1.03. The maximum Gasteiger partial charge on any atom is 0.205 e. The highest BCUT2D eigenvalue weighted by Gasteiger charge is 2.27. The zero-order valence-electron chi connectivity index (χ0n) is 58.2. The predicted molar refractivity (Wildman–Crippen MR) is 399 cm³/mol. The third kappa shape index (κ3) is 19.9. The number of rotatable bonds is 12. The first-order valence-electron chi connectivity index (χ1n) is 31.7. The molecule has 38 nitrogen and oxygen atoms in total. The lowest BCUT2D eigenvalue weighted by molar-refractivity contribution is 0.102. The van der Waals surface area contributed by atoms with E-state index in [9.17, 15) is 156 Å². The lowest BCUT2D eigenvalue weighted by atomic mass is 10.0. The topological polar surface area (TPSA) is 750 Å². The van der Waals surface area contributed by atoms with Crippen molar-refractivity contribution in [3.8, 4) is 184 Å². The first-order chi connectivity index (χ1) is 54.6. The summed E-state index contributed by atoms with van der Waals surface area (Å²) in [7, 11) is 0.